The van der Waals surface area contributed by atoms with Crippen LogP contribution in [-0.4, -0.2) is 25.8 Å². The molecule has 0 fully saturated rings. The van der Waals surface area contributed by atoms with Gasteiger partial charge in [0.05, 0.1) is 0 Å². The molecule has 0 aromatic rings. The summed E-state index contributed by atoms with van der Waals surface area (Å²) in [5, 5.41) is 1.15. The maximum Gasteiger partial charge on any atom is 0.193 e. The quantitative estimate of drug-likeness (QED) is 0.414. The zero-order valence-electron chi connectivity index (χ0n) is 8.00. The number of hydrogen-bond acceptors (Lipinski definition) is 0. The lowest BCUT2D eigenvalue weighted by Crippen LogP contribution is -2.32. The van der Waals surface area contributed by atoms with Crippen LogP contribution < -0.4 is 0 Å². The molecule has 0 aromatic carbocycles. The predicted octanol–water partition coefficient (Wildman–Crippen LogP) is 4.20. The van der Waals surface area contributed by atoms with Crippen LogP contribution in [0.25, 0.3) is 0 Å². The molecule has 2 atom stereocenters. The molecule has 0 N–H and O–H groups in total. The molecule has 0 nitrogen and oxygen atoms in total. The lowest BCUT2D eigenvalue weighted by atomic mass is 10.7. The highest BCUT2D eigenvalue weighted by atomic mass is 35.6. The summed E-state index contributed by atoms with van der Waals surface area (Å²) >= 11 is 24.1. The van der Waals surface area contributed by atoms with Crippen LogP contribution in [0.1, 0.15) is 6.92 Å². The topological polar surface area (TPSA) is 0 Å². The molecule has 0 aliphatic carbocycles. The summed E-state index contributed by atoms with van der Waals surface area (Å²) in [6.45, 7) is 6.02. The monoisotopic (exact) mass is 294 g/mol. The number of alkyl halides is 2. The van der Waals surface area contributed by atoms with Gasteiger partial charge in [-0.05, 0) is 6.92 Å². The third kappa shape index (κ3) is 5.10. The van der Waals surface area contributed by atoms with Gasteiger partial charge in [-0.1, -0.05) is 24.0 Å². The minimum Gasteiger partial charge on any atom is -0.161 e. The Hall–Kier alpha value is 1.33. The molecule has 0 spiro atoms. The molecular formula is C7H14Cl4Si2. The van der Waals surface area contributed by atoms with Crippen molar-refractivity contribution in [3.63, 3.8) is 0 Å². The second-order valence-corrected chi connectivity index (χ2v) is 16.8. The van der Waals surface area contributed by atoms with Crippen LogP contribution in [0.15, 0.2) is 10.9 Å². The third-order valence-corrected chi connectivity index (χ3v) is 12.1. The first-order chi connectivity index (χ1) is 5.75. The van der Waals surface area contributed by atoms with E-state index in [2.05, 4.69) is 5.70 Å². The van der Waals surface area contributed by atoms with Crippen molar-refractivity contribution < 1.29 is 0 Å². The Balaban J connectivity index is 4.67. The summed E-state index contributed by atoms with van der Waals surface area (Å²) < 4.78 is 0. The van der Waals surface area contributed by atoms with Crippen LogP contribution in [0.4, 0.5) is 0 Å². The van der Waals surface area contributed by atoms with Gasteiger partial charge < -0.3 is 0 Å². The Morgan fingerprint density at radius 3 is 1.92 bits per heavy atom. The molecule has 0 radical (unpaired) electrons. The summed E-state index contributed by atoms with van der Waals surface area (Å²) in [7, 11) is -3.82. The zero-order valence-corrected chi connectivity index (χ0v) is 13.0. The summed E-state index contributed by atoms with van der Waals surface area (Å²) in [5.74, 6) is 0. The highest BCUT2D eigenvalue weighted by molar-refractivity contribution is 7.28. The summed E-state index contributed by atoms with van der Waals surface area (Å²) in [6, 6.07) is 0. The van der Waals surface area contributed by atoms with Crippen molar-refractivity contribution in [3.8, 4) is 0 Å². The first kappa shape index (κ1) is 14.3. The maximum atomic E-state index is 6.29. The number of halogens is 4. The molecular weight excluding hydrogens is 282 g/mol. The predicted molar refractivity (Wildman–Crippen MR) is 70.1 cm³/mol. The van der Waals surface area contributed by atoms with Crippen molar-refractivity contribution in [2.24, 2.45) is 0 Å². The fraction of sp³-hybridized carbons (Fsp3) is 0.714. The largest absolute Gasteiger partial charge is 0.193 e. The summed E-state index contributed by atoms with van der Waals surface area (Å²) in [6.07, 6.45) is 0. The Bertz CT molecular complexity index is 201. The lowest BCUT2D eigenvalue weighted by molar-refractivity contribution is 1.58. The van der Waals surface area contributed by atoms with Crippen LogP contribution in [0, 0.1) is 0 Å². The van der Waals surface area contributed by atoms with Crippen LogP contribution >= 0.6 is 45.4 Å². The van der Waals surface area contributed by atoms with E-state index in [1.54, 1.807) is 0 Å². The van der Waals surface area contributed by atoms with Crippen molar-refractivity contribution in [2.75, 3.05) is 11.0 Å². The van der Waals surface area contributed by atoms with Crippen molar-refractivity contribution in [3.05, 3.63) is 10.9 Å². The van der Waals surface area contributed by atoms with E-state index in [0.717, 1.165) is 5.20 Å². The van der Waals surface area contributed by atoms with E-state index in [1.807, 2.05) is 20.0 Å². The van der Waals surface area contributed by atoms with Crippen LogP contribution in [0.5, 0.6) is 0 Å². The van der Waals surface area contributed by atoms with Crippen molar-refractivity contribution in [1.82, 2.24) is 0 Å². The molecule has 0 amide bonds. The Labute approximate surface area is 102 Å². The van der Waals surface area contributed by atoms with Gasteiger partial charge in [-0.15, -0.1) is 23.2 Å². The van der Waals surface area contributed by atoms with E-state index in [4.69, 9.17) is 45.4 Å². The lowest BCUT2D eigenvalue weighted by Gasteiger charge is -2.20. The highest BCUT2D eigenvalue weighted by Crippen LogP contribution is 2.24. The normalized spacial score (nSPS) is 22.2. The smallest absolute Gasteiger partial charge is 0.161 e. The molecule has 0 heterocycles. The second kappa shape index (κ2) is 5.43. The van der Waals surface area contributed by atoms with E-state index >= 15 is 0 Å². The third-order valence-electron chi connectivity index (χ3n) is 1.85. The first-order valence-corrected chi connectivity index (χ1v) is 12.5. The van der Waals surface area contributed by atoms with Crippen molar-refractivity contribution >= 4 is 60.1 Å². The van der Waals surface area contributed by atoms with E-state index in [-0.39, 0.29) is 0 Å². The Morgan fingerprint density at radius 2 is 1.62 bits per heavy atom. The fourth-order valence-electron chi connectivity index (χ4n) is 0.746. The zero-order chi connectivity index (χ0) is 10.7. The van der Waals surface area contributed by atoms with Crippen molar-refractivity contribution in [1.29, 1.82) is 0 Å². The van der Waals surface area contributed by atoms with Crippen LogP contribution in [0.3, 0.4) is 0 Å². The molecule has 0 rings (SSSR count). The van der Waals surface area contributed by atoms with Crippen molar-refractivity contribution in [2.45, 2.75) is 20.0 Å². The van der Waals surface area contributed by atoms with Gasteiger partial charge in [-0.25, -0.2) is 0 Å². The number of hydrogen-bond donors (Lipinski definition) is 0. The molecule has 0 bridgehead atoms. The van der Waals surface area contributed by atoms with Gasteiger partial charge in [0.15, 0.2) is 14.8 Å². The molecule has 0 aromatic heterocycles. The summed E-state index contributed by atoms with van der Waals surface area (Å²) in [4.78, 5) is 0. The number of allylic oxidation sites excluding steroid dienone is 1. The molecule has 6 heteroatoms. The minimum atomic E-state index is -1.92. The number of rotatable bonds is 4. The SMILES string of the molecule is CC(=C[Si](C)(Cl)CCl)[Si](C)(Cl)CCl. The van der Waals surface area contributed by atoms with Gasteiger partial charge >= 0.3 is 0 Å². The molecule has 0 saturated heterocycles. The molecule has 0 aliphatic rings. The van der Waals surface area contributed by atoms with Gasteiger partial charge in [0, 0.05) is 11.0 Å². The molecule has 0 aliphatic heterocycles. The highest BCUT2D eigenvalue weighted by Gasteiger charge is 2.29. The van der Waals surface area contributed by atoms with E-state index in [9.17, 15) is 0 Å². The van der Waals surface area contributed by atoms with Gasteiger partial charge in [-0.3, -0.25) is 0 Å². The Kier molecular flexibility index (Phi) is 5.98. The van der Waals surface area contributed by atoms with Crippen LogP contribution in [-0.2, 0) is 0 Å². The van der Waals surface area contributed by atoms with E-state index < -0.39 is 14.8 Å². The van der Waals surface area contributed by atoms with E-state index in [1.165, 1.54) is 0 Å². The standard InChI is InChI=1S/C7H14Cl4Si2/c1-7(13(3,11)6-9)4-12(2,10)5-8/h4H,5-6H2,1-3H3. The average Bonchev–Trinajstić information content (AvgIpc) is 2.04. The average molecular weight is 296 g/mol. The second-order valence-electron chi connectivity index (χ2n) is 3.57. The first-order valence-electron chi connectivity index (χ1n) is 3.95. The van der Waals surface area contributed by atoms with Gasteiger partial charge in [0.1, 0.15) is 0 Å². The summed E-state index contributed by atoms with van der Waals surface area (Å²) in [5.41, 5.74) is 3.08. The van der Waals surface area contributed by atoms with Gasteiger partial charge in [-0.2, -0.15) is 22.2 Å². The fourth-order valence-corrected chi connectivity index (χ4v) is 6.22. The molecule has 0 saturated carbocycles. The molecule has 78 valence electrons. The van der Waals surface area contributed by atoms with Crippen LogP contribution in [0.2, 0.25) is 13.1 Å². The molecule has 2 unspecified atom stereocenters. The molecule has 13 heavy (non-hydrogen) atoms. The van der Waals surface area contributed by atoms with E-state index in [0.29, 0.717) is 11.0 Å². The Morgan fingerprint density at radius 1 is 1.15 bits per heavy atom. The van der Waals surface area contributed by atoms with Gasteiger partial charge in [0.2, 0.25) is 0 Å². The van der Waals surface area contributed by atoms with Gasteiger partial charge in [0.25, 0.3) is 0 Å². The maximum absolute atomic E-state index is 6.29. The minimum absolute atomic E-state index is 0.509.